The highest BCUT2D eigenvalue weighted by Gasteiger charge is 2.23. The van der Waals surface area contributed by atoms with Crippen molar-refractivity contribution in [3.63, 3.8) is 0 Å². The number of amides is 1. The van der Waals surface area contributed by atoms with Crippen LogP contribution in [0.25, 0.3) is 0 Å². The van der Waals surface area contributed by atoms with Gasteiger partial charge in [0.25, 0.3) is 0 Å². The van der Waals surface area contributed by atoms with Crippen molar-refractivity contribution in [3.8, 4) is 0 Å². The van der Waals surface area contributed by atoms with Gasteiger partial charge in [-0.1, -0.05) is 26.7 Å². The molecule has 4 heteroatoms. The van der Waals surface area contributed by atoms with Crippen molar-refractivity contribution in [3.05, 3.63) is 0 Å². The number of carbonyl (C=O) groups is 1. The first-order valence-corrected chi connectivity index (χ1v) is 8.74. The molecule has 1 heterocycles. The molecule has 1 N–H and O–H groups in total. The molecule has 1 aliphatic heterocycles. The predicted molar refractivity (Wildman–Crippen MR) is 85.2 cm³/mol. The van der Waals surface area contributed by atoms with Gasteiger partial charge in [-0.25, -0.2) is 0 Å². The molecule has 0 spiro atoms. The number of rotatable bonds is 6. The quantitative estimate of drug-likeness (QED) is 0.818. The molecule has 1 saturated carbocycles. The highest BCUT2D eigenvalue weighted by atomic mass is 16.5. The van der Waals surface area contributed by atoms with Crippen LogP contribution in [0.15, 0.2) is 0 Å². The zero-order chi connectivity index (χ0) is 15.1. The Hall–Kier alpha value is -0.610. The first-order chi connectivity index (χ1) is 10.1. The zero-order valence-corrected chi connectivity index (χ0v) is 13.8. The van der Waals surface area contributed by atoms with Crippen LogP contribution in [-0.2, 0) is 9.53 Å². The van der Waals surface area contributed by atoms with Gasteiger partial charge in [0.05, 0.1) is 13.2 Å². The molecule has 0 aromatic rings. The van der Waals surface area contributed by atoms with Crippen LogP contribution in [-0.4, -0.2) is 49.7 Å². The third-order valence-electron chi connectivity index (χ3n) is 4.72. The fraction of sp³-hybridized carbons (Fsp3) is 0.941. The molecule has 122 valence electrons. The van der Waals surface area contributed by atoms with Gasteiger partial charge in [0, 0.05) is 32.1 Å². The van der Waals surface area contributed by atoms with Crippen molar-refractivity contribution >= 4 is 5.91 Å². The fourth-order valence-electron chi connectivity index (χ4n) is 3.71. The Morgan fingerprint density at radius 2 is 2.05 bits per heavy atom. The standard InChI is InChI=1S/C17H32N2O2/c1-14(2)12-15-4-3-5-16(13-15)18-7-6-17(20)19-8-10-21-11-9-19/h14-16,18H,3-13H2,1-2H3. The second-order valence-electron chi connectivity index (χ2n) is 7.06. The van der Waals surface area contributed by atoms with Gasteiger partial charge in [0.2, 0.25) is 5.91 Å². The summed E-state index contributed by atoms with van der Waals surface area (Å²) in [7, 11) is 0. The van der Waals surface area contributed by atoms with Gasteiger partial charge in [0.15, 0.2) is 0 Å². The van der Waals surface area contributed by atoms with E-state index < -0.39 is 0 Å². The Labute approximate surface area is 129 Å². The molecule has 0 radical (unpaired) electrons. The Morgan fingerprint density at radius 3 is 2.76 bits per heavy atom. The van der Waals surface area contributed by atoms with Crippen molar-refractivity contribution < 1.29 is 9.53 Å². The smallest absolute Gasteiger partial charge is 0.224 e. The molecule has 2 atom stereocenters. The average molecular weight is 296 g/mol. The summed E-state index contributed by atoms with van der Waals surface area (Å²) in [6, 6.07) is 0.625. The second kappa shape index (κ2) is 8.74. The van der Waals surface area contributed by atoms with Crippen LogP contribution in [0.4, 0.5) is 0 Å². The number of nitrogens with zero attached hydrogens (tertiary/aromatic N) is 1. The van der Waals surface area contributed by atoms with E-state index in [1.165, 1.54) is 32.1 Å². The first kappa shape index (κ1) is 16.8. The van der Waals surface area contributed by atoms with E-state index in [0.29, 0.717) is 25.7 Å². The minimum atomic E-state index is 0.278. The van der Waals surface area contributed by atoms with Crippen molar-refractivity contribution in [2.24, 2.45) is 11.8 Å². The number of nitrogens with one attached hydrogen (secondary N) is 1. The van der Waals surface area contributed by atoms with Gasteiger partial charge < -0.3 is 15.0 Å². The Kier molecular flexibility index (Phi) is 6.97. The zero-order valence-electron chi connectivity index (χ0n) is 13.8. The van der Waals surface area contributed by atoms with Crippen LogP contribution in [0, 0.1) is 11.8 Å². The normalized spacial score (nSPS) is 27.1. The maximum absolute atomic E-state index is 12.1. The van der Waals surface area contributed by atoms with Gasteiger partial charge in [-0.15, -0.1) is 0 Å². The Balaban J connectivity index is 1.62. The summed E-state index contributed by atoms with van der Waals surface area (Å²) in [5.41, 5.74) is 0. The maximum Gasteiger partial charge on any atom is 0.224 e. The van der Waals surface area contributed by atoms with E-state index in [2.05, 4.69) is 19.2 Å². The van der Waals surface area contributed by atoms with E-state index in [1.807, 2.05) is 4.90 Å². The van der Waals surface area contributed by atoms with E-state index >= 15 is 0 Å². The first-order valence-electron chi connectivity index (χ1n) is 8.74. The Morgan fingerprint density at radius 1 is 1.29 bits per heavy atom. The van der Waals surface area contributed by atoms with E-state index in [-0.39, 0.29) is 5.91 Å². The molecule has 21 heavy (non-hydrogen) atoms. The minimum Gasteiger partial charge on any atom is -0.378 e. The lowest BCUT2D eigenvalue weighted by Gasteiger charge is -2.31. The van der Waals surface area contributed by atoms with Crippen LogP contribution in [0.3, 0.4) is 0 Å². The average Bonchev–Trinajstić information content (AvgIpc) is 2.48. The van der Waals surface area contributed by atoms with Crippen molar-refractivity contribution in [2.75, 3.05) is 32.8 Å². The molecule has 2 rings (SSSR count). The lowest BCUT2D eigenvalue weighted by molar-refractivity contribution is -0.135. The molecule has 1 aliphatic carbocycles. The van der Waals surface area contributed by atoms with Gasteiger partial charge in [0.1, 0.15) is 0 Å². The number of morpholine rings is 1. The molecule has 2 fully saturated rings. The van der Waals surface area contributed by atoms with Crippen LogP contribution >= 0.6 is 0 Å². The van der Waals surface area contributed by atoms with E-state index in [4.69, 9.17) is 4.74 Å². The van der Waals surface area contributed by atoms with Gasteiger partial charge in [-0.05, 0) is 31.1 Å². The summed E-state index contributed by atoms with van der Waals surface area (Å²) in [6.45, 7) is 8.38. The van der Waals surface area contributed by atoms with Crippen molar-refractivity contribution in [2.45, 2.75) is 58.4 Å². The summed E-state index contributed by atoms with van der Waals surface area (Å²) >= 11 is 0. The molecule has 2 unspecified atom stereocenters. The van der Waals surface area contributed by atoms with Crippen LogP contribution in [0.5, 0.6) is 0 Å². The third kappa shape index (κ3) is 5.95. The third-order valence-corrected chi connectivity index (χ3v) is 4.72. The van der Waals surface area contributed by atoms with Crippen LogP contribution in [0.1, 0.15) is 52.4 Å². The summed E-state index contributed by atoms with van der Waals surface area (Å²) in [5.74, 6) is 1.96. The van der Waals surface area contributed by atoms with Gasteiger partial charge in [-0.2, -0.15) is 0 Å². The number of hydrogen-bond acceptors (Lipinski definition) is 3. The lowest BCUT2D eigenvalue weighted by Crippen LogP contribution is -2.42. The number of ether oxygens (including phenoxy) is 1. The van der Waals surface area contributed by atoms with Crippen LogP contribution < -0.4 is 5.32 Å². The fourth-order valence-corrected chi connectivity index (χ4v) is 3.71. The van der Waals surface area contributed by atoms with Crippen LogP contribution in [0.2, 0.25) is 0 Å². The van der Waals surface area contributed by atoms with Crippen molar-refractivity contribution in [1.29, 1.82) is 0 Å². The summed E-state index contributed by atoms with van der Waals surface area (Å²) in [5, 5.41) is 3.62. The molecule has 0 bridgehead atoms. The molecule has 1 amide bonds. The summed E-state index contributed by atoms with van der Waals surface area (Å²) in [6.07, 6.45) is 7.29. The monoisotopic (exact) mass is 296 g/mol. The van der Waals surface area contributed by atoms with E-state index in [1.54, 1.807) is 0 Å². The van der Waals surface area contributed by atoms with Crippen molar-refractivity contribution in [1.82, 2.24) is 10.2 Å². The van der Waals surface area contributed by atoms with Gasteiger partial charge >= 0.3 is 0 Å². The predicted octanol–water partition coefficient (Wildman–Crippen LogP) is 2.43. The molecule has 4 nitrogen and oxygen atoms in total. The summed E-state index contributed by atoms with van der Waals surface area (Å²) in [4.78, 5) is 14.0. The van der Waals surface area contributed by atoms with E-state index in [0.717, 1.165) is 31.5 Å². The molecular formula is C17H32N2O2. The molecule has 0 aromatic heterocycles. The molecular weight excluding hydrogens is 264 g/mol. The molecule has 1 saturated heterocycles. The van der Waals surface area contributed by atoms with E-state index in [9.17, 15) is 4.79 Å². The highest BCUT2D eigenvalue weighted by Crippen LogP contribution is 2.29. The SMILES string of the molecule is CC(C)CC1CCCC(NCCC(=O)N2CCOCC2)C1. The maximum atomic E-state index is 12.1. The summed E-state index contributed by atoms with van der Waals surface area (Å²) < 4.78 is 5.28. The molecule has 0 aromatic carbocycles. The topological polar surface area (TPSA) is 41.6 Å². The number of hydrogen-bond donors (Lipinski definition) is 1. The number of carbonyl (C=O) groups excluding carboxylic acids is 1. The second-order valence-corrected chi connectivity index (χ2v) is 7.06. The lowest BCUT2D eigenvalue weighted by atomic mass is 9.81. The van der Waals surface area contributed by atoms with Gasteiger partial charge in [-0.3, -0.25) is 4.79 Å². The Bertz CT molecular complexity index is 314. The minimum absolute atomic E-state index is 0.278. The molecule has 2 aliphatic rings. The highest BCUT2D eigenvalue weighted by molar-refractivity contribution is 5.76. The largest absolute Gasteiger partial charge is 0.378 e.